The van der Waals surface area contributed by atoms with Gasteiger partial charge in [-0.1, -0.05) is 13.8 Å². The summed E-state index contributed by atoms with van der Waals surface area (Å²) in [6.07, 6.45) is 0. The predicted molar refractivity (Wildman–Crippen MR) is 78.3 cm³/mol. The highest BCUT2D eigenvalue weighted by molar-refractivity contribution is 7.90. The third kappa shape index (κ3) is 5.03. The SMILES string of the molecule is CCN(CC)S(=O)(=O)CCNS(=O)(=O)c1ccc(F)cc1. The lowest BCUT2D eigenvalue weighted by atomic mass is 10.4. The van der Waals surface area contributed by atoms with Crippen LogP contribution in [0, 0.1) is 5.82 Å². The Morgan fingerprint density at radius 1 is 1.05 bits per heavy atom. The Kier molecular flexibility index (Phi) is 6.26. The van der Waals surface area contributed by atoms with Crippen molar-refractivity contribution in [2.24, 2.45) is 0 Å². The molecular formula is C12H19FN2O4S2. The summed E-state index contributed by atoms with van der Waals surface area (Å²) >= 11 is 0. The van der Waals surface area contributed by atoms with Crippen molar-refractivity contribution in [2.45, 2.75) is 18.7 Å². The number of hydrogen-bond acceptors (Lipinski definition) is 4. The van der Waals surface area contributed by atoms with Crippen LogP contribution in [0.4, 0.5) is 4.39 Å². The highest BCUT2D eigenvalue weighted by Crippen LogP contribution is 2.09. The third-order valence-electron chi connectivity index (χ3n) is 2.87. The minimum Gasteiger partial charge on any atom is -0.212 e. The summed E-state index contributed by atoms with van der Waals surface area (Å²) in [5, 5.41) is 0. The Labute approximate surface area is 125 Å². The van der Waals surface area contributed by atoms with Gasteiger partial charge < -0.3 is 0 Å². The zero-order valence-corrected chi connectivity index (χ0v) is 13.5. The minimum absolute atomic E-state index is 0.107. The fourth-order valence-corrected chi connectivity index (χ4v) is 4.31. The Morgan fingerprint density at radius 2 is 1.57 bits per heavy atom. The molecule has 1 rings (SSSR count). The second-order valence-corrected chi connectivity index (χ2v) is 8.11. The van der Waals surface area contributed by atoms with E-state index in [4.69, 9.17) is 0 Å². The quantitative estimate of drug-likeness (QED) is 0.759. The van der Waals surface area contributed by atoms with Crippen LogP contribution in [0.25, 0.3) is 0 Å². The van der Waals surface area contributed by atoms with Gasteiger partial charge in [-0.25, -0.2) is 30.3 Å². The van der Waals surface area contributed by atoms with Gasteiger partial charge in [0.15, 0.2) is 0 Å². The maximum Gasteiger partial charge on any atom is 0.240 e. The van der Waals surface area contributed by atoms with Gasteiger partial charge >= 0.3 is 0 Å². The van der Waals surface area contributed by atoms with Crippen LogP contribution in [0.15, 0.2) is 29.2 Å². The van der Waals surface area contributed by atoms with Crippen molar-refractivity contribution in [3.05, 3.63) is 30.1 Å². The van der Waals surface area contributed by atoms with E-state index >= 15 is 0 Å². The van der Waals surface area contributed by atoms with E-state index in [1.54, 1.807) is 13.8 Å². The van der Waals surface area contributed by atoms with Crippen molar-refractivity contribution < 1.29 is 21.2 Å². The first-order valence-corrected chi connectivity index (χ1v) is 9.55. The summed E-state index contributed by atoms with van der Waals surface area (Å²) in [6.45, 7) is 3.86. The minimum atomic E-state index is -3.84. The lowest BCUT2D eigenvalue weighted by molar-refractivity contribution is 0.445. The normalized spacial score (nSPS) is 12.8. The van der Waals surface area contributed by atoms with Gasteiger partial charge in [0.25, 0.3) is 0 Å². The van der Waals surface area contributed by atoms with Gasteiger partial charge in [-0.05, 0) is 24.3 Å². The lowest BCUT2D eigenvalue weighted by Crippen LogP contribution is -2.37. The Hall–Kier alpha value is -1.03. The first-order valence-electron chi connectivity index (χ1n) is 6.46. The summed E-state index contributed by atoms with van der Waals surface area (Å²) in [7, 11) is -7.33. The number of halogens is 1. The van der Waals surface area contributed by atoms with Gasteiger partial charge in [0.2, 0.25) is 20.0 Å². The molecule has 0 atom stereocenters. The van der Waals surface area contributed by atoms with Gasteiger partial charge in [0, 0.05) is 19.6 Å². The number of sulfonamides is 2. The molecule has 0 aliphatic carbocycles. The van der Waals surface area contributed by atoms with Crippen molar-refractivity contribution >= 4 is 20.0 Å². The van der Waals surface area contributed by atoms with Gasteiger partial charge in [0.05, 0.1) is 10.6 Å². The molecule has 0 aromatic heterocycles. The summed E-state index contributed by atoms with van der Waals surface area (Å²) < 4.78 is 63.8. The van der Waals surface area contributed by atoms with Crippen molar-refractivity contribution in [3.63, 3.8) is 0 Å². The highest BCUT2D eigenvalue weighted by Gasteiger charge is 2.20. The first kappa shape index (κ1) is 18.0. The largest absolute Gasteiger partial charge is 0.240 e. The van der Waals surface area contributed by atoms with Crippen molar-refractivity contribution in [2.75, 3.05) is 25.4 Å². The van der Waals surface area contributed by atoms with E-state index in [-0.39, 0.29) is 17.2 Å². The Morgan fingerprint density at radius 3 is 2.05 bits per heavy atom. The van der Waals surface area contributed by atoms with E-state index in [0.717, 1.165) is 24.3 Å². The van der Waals surface area contributed by atoms with Crippen LogP contribution < -0.4 is 4.72 Å². The molecule has 0 saturated carbocycles. The van der Waals surface area contributed by atoms with E-state index in [1.807, 2.05) is 0 Å². The van der Waals surface area contributed by atoms with Gasteiger partial charge in [-0.3, -0.25) is 0 Å². The topological polar surface area (TPSA) is 83.6 Å². The maximum absolute atomic E-state index is 12.7. The average Bonchev–Trinajstić information content (AvgIpc) is 2.39. The van der Waals surface area contributed by atoms with E-state index < -0.39 is 25.9 Å². The van der Waals surface area contributed by atoms with Crippen LogP contribution in [-0.4, -0.2) is 46.5 Å². The molecule has 0 bridgehead atoms. The molecule has 9 heteroatoms. The second-order valence-electron chi connectivity index (χ2n) is 4.25. The van der Waals surface area contributed by atoms with Crippen LogP contribution in [0.2, 0.25) is 0 Å². The monoisotopic (exact) mass is 338 g/mol. The number of rotatable bonds is 8. The number of hydrogen-bond donors (Lipinski definition) is 1. The number of nitrogens with zero attached hydrogens (tertiary/aromatic N) is 1. The lowest BCUT2D eigenvalue weighted by Gasteiger charge is -2.18. The standard InChI is InChI=1S/C12H19FN2O4S2/c1-3-15(4-2)20(16,17)10-9-14-21(18,19)12-7-5-11(13)6-8-12/h5-8,14H,3-4,9-10H2,1-2H3. The Bertz CT molecular complexity index is 653. The van der Waals surface area contributed by atoms with Crippen LogP contribution in [-0.2, 0) is 20.0 Å². The predicted octanol–water partition coefficient (Wildman–Crippen LogP) is 0.776. The van der Waals surface area contributed by atoms with Crippen LogP contribution >= 0.6 is 0 Å². The molecule has 0 amide bonds. The van der Waals surface area contributed by atoms with Crippen molar-refractivity contribution in [3.8, 4) is 0 Å². The molecule has 6 nitrogen and oxygen atoms in total. The zero-order chi connectivity index (χ0) is 16.1. The molecule has 0 saturated heterocycles. The molecule has 1 N–H and O–H groups in total. The fourth-order valence-electron chi connectivity index (χ4n) is 1.75. The van der Waals surface area contributed by atoms with E-state index in [1.165, 1.54) is 4.31 Å². The van der Waals surface area contributed by atoms with Gasteiger partial charge in [-0.15, -0.1) is 0 Å². The summed E-state index contributed by atoms with van der Waals surface area (Å²) in [5.41, 5.74) is 0. The molecule has 1 aromatic carbocycles. The molecule has 120 valence electrons. The average molecular weight is 338 g/mol. The van der Waals surface area contributed by atoms with Crippen LogP contribution in [0.3, 0.4) is 0 Å². The smallest absolute Gasteiger partial charge is 0.212 e. The molecular weight excluding hydrogens is 319 g/mol. The van der Waals surface area contributed by atoms with Crippen LogP contribution in [0.5, 0.6) is 0 Å². The van der Waals surface area contributed by atoms with E-state index in [2.05, 4.69) is 4.72 Å². The number of nitrogens with one attached hydrogen (secondary N) is 1. The second kappa shape index (κ2) is 7.30. The summed E-state index contributed by atoms with van der Waals surface area (Å²) in [6, 6.07) is 4.30. The summed E-state index contributed by atoms with van der Waals surface area (Å²) in [4.78, 5) is -0.107. The molecule has 0 radical (unpaired) electrons. The Balaban J connectivity index is 2.69. The molecule has 0 aliphatic rings. The molecule has 21 heavy (non-hydrogen) atoms. The molecule has 0 spiro atoms. The van der Waals surface area contributed by atoms with Crippen molar-refractivity contribution in [1.29, 1.82) is 0 Å². The summed E-state index contributed by atoms with van der Waals surface area (Å²) in [5.74, 6) is -0.868. The third-order valence-corrected chi connectivity index (χ3v) is 6.37. The maximum atomic E-state index is 12.7. The number of benzene rings is 1. The first-order chi connectivity index (χ1) is 9.73. The molecule has 0 fully saturated rings. The van der Waals surface area contributed by atoms with Crippen molar-refractivity contribution in [1.82, 2.24) is 9.03 Å². The van der Waals surface area contributed by atoms with E-state index in [9.17, 15) is 21.2 Å². The molecule has 0 aliphatic heterocycles. The van der Waals surface area contributed by atoms with Gasteiger partial charge in [-0.2, -0.15) is 0 Å². The molecule has 0 unspecified atom stereocenters. The molecule has 0 heterocycles. The van der Waals surface area contributed by atoms with Crippen LogP contribution in [0.1, 0.15) is 13.8 Å². The van der Waals surface area contributed by atoms with Gasteiger partial charge in [0.1, 0.15) is 5.82 Å². The fraction of sp³-hybridized carbons (Fsp3) is 0.500. The zero-order valence-electron chi connectivity index (χ0n) is 11.9. The van der Waals surface area contributed by atoms with E-state index in [0.29, 0.717) is 13.1 Å². The molecule has 1 aromatic rings. The highest BCUT2D eigenvalue weighted by atomic mass is 32.2.